The van der Waals surface area contributed by atoms with Gasteiger partial charge in [0.15, 0.2) is 0 Å². The van der Waals surface area contributed by atoms with E-state index in [-0.39, 0.29) is 18.5 Å². The summed E-state index contributed by atoms with van der Waals surface area (Å²) in [5.74, 6) is -2.02. The highest BCUT2D eigenvalue weighted by Gasteiger charge is 2.30. The first-order chi connectivity index (χ1) is 25.3. The fraction of sp³-hybridized carbons (Fsp3) is 0.351. The van der Waals surface area contributed by atoms with Gasteiger partial charge in [-0.1, -0.05) is 24.3 Å². The number of ether oxygens (including phenoxy) is 3. The highest BCUT2D eigenvalue weighted by atomic mass is 32.1. The molecule has 2 aromatic carbocycles. The molecule has 0 aliphatic rings. The van der Waals surface area contributed by atoms with Crippen LogP contribution in [0.1, 0.15) is 60.4 Å². The summed E-state index contributed by atoms with van der Waals surface area (Å²) >= 11 is 1.17. The maximum Gasteiger partial charge on any atom is 0.408 e. The van der Waals surface area contributed by atoms with E-state index in [4.69, 9.17) is 9.47 Å². The number of H-pyrrole nitrogens is 2. The molecule has 0 bridgehead atoms. The van der Waals surface area contributed by atoms with Gasteiger partial charge in [0.1, 0.15) is 40.7 Å². The van der Waals surface area contributed by atoms with E-state index in [1.54, 1.807) is 46.2 Å². The number of carbonyl (C=O) groups excluding carboxylic acids is 5. The van der Waals surface area contributed by atoms with Crippen LogP contribution >= 0.6 is 11.3 Å². The molecule has 3 heterocycles. The number of fused-ring (bicyclic) bond motifs is 2. The number of rotatable bonds is 14. The van der Waals surface area contributed by atoms with Gasteiger partial charge in [-0.3, -0.25) is 19.2 Å². The van der Waals surface area contributed by atoms with Gasteiger partial charge in [-0.15, -0.1) is 11.3 Å². The Kier molecular flexibility index (Phi) is 12.0. The first-order valence-electron chi connectivity index (χ1n) is 16.8. The van der Waals surface area contributed by atoms with Gasteiger partial charge in [0.2, 0.25) is 11.8 Å². The number of carbonyl (C=O) groups is 5. The number of benzene rings is 2. The molecule has 0 fully saturated rings. The third-order valence-corrected chi connectivity index (χ3v) is 9.27. The Morgan fingerprint density at radius 3 is 2.26 bits per heavy atom. The van der Waals surface area contributed by atoms with Gasteiger partial charge < -0.3 is 45.4 Å². The van der Waals surface area contributed by atoms with E-state index in [0.717, 1.165) is 27.4 Å². The predicted octanol–water partition coefficient (Wildman–Crippen LogP) is 4.06. The number of alkyl carbamates (subject to hydrolysis) is 1. The Morgan fingerprint density at radius 2 is 1.53 bits per heavy atom. The van der Waals surface area contributed by atoms with Crippen molar-refractivity contribution in [2.24, 2.45) is 0 Å². The van der Waals surface area contributed by atoms with Crippen LogP contribution in [0.5, 0.6) is 5.75 Å². The lowest BCUT2D eigenvalue weighted by Gasteiger charge is -2.23. The lowest BCUT2D eigenvalue weighted by Crippen LogP contribution is -2.55. The molecule has 0 aliphatic carbocycles. The second kappa shape index (κ2) is 16.6. The molecule has 5 rings (SSSR count). The third-order valence-electron chi connectivity index (χ3n) is 8.24. The number of aromatic nitrogens is 3. The van der Waals surface area contributed by atoms with Gasteiger partial charge in [-0.2, -0.15) is 0 Å². The molecular weight excluding hydrogens is 703 g/mol. The average Bonchev–Trinajstić information content (AvgIpc) is 3.88. The van der Waals surface area contributed by atoms with Crippen LogP contribution < -0.4 is 26.0 Å². The molecule has 3 unspecified atom stereocenters. The minimum absolute atomic E-state index is 0.0187. The molecule has 53 heavy (non-hydrogen) atoms. The molecular formula is C37H43N7O8S. The van der Waals surface area contributed by atoms with Crippen molar-refractivity contribution >= 4 is 62.9 Å². The van der Waals surface area contributed by atoms with Crippen molar-refractivity contribution < 1.29 is 38.2 Å². The van der Waals surface area contributed by atoms with Crippen LogP contribution in [-0.4, -0.2) is 83.2 Å². The molecule has 3 atom stereocenters. The SMILES string of the molecule is COC(=O)CNC(=O)C(Cc1c[nH]c2cccc(OC)c12)NC(=O)C(Cc1c[nH]c2ccccc12)NC(=O)c1csc(C(C)NC(=O)OC(C)(C)C)n1. The smallest absolute Gasteiger partial charge is 0.408 e. The predicted molar refractivity (Wildman–Crippen MR) is 199 cm³/mol. The van der Waals surface area contributed by atoms with Crippen LogP contribution in [0.3, 0.4) is 0 Å². The molecule has 280 valence electrons. The zero-order valence-electron chi connectivity index (χ0n) is 30.2. The summed E-state index contributed by atoms with van der Waals surface area (Å²) in [6.07, 6.45) is 2.94. The van der Waals surface area contributed by atoms with E-state index in [2.05, 4.69) is 41.0 Å². The van der Waals surface area contributed by atoms with E-state index < -0.39 is 60.1 Å². The number of nitrogens with zero attached hydrogens (tertiary/aromatic N) is 1. The first kappa shape index (κ1) is 38.3. The summed E-state index contributed by atoms with van der Waals surface area (Å²) in [4.78, 5) is 76.5. The first-order valence-corrected chi connectivity index (χ1v) is 17.7. The number of aromatic amines is 2. The summed E-state index contributed by atoms with van der Waals surface area (Å²) in [5, 5.41) is 14.4. The fourth-order valence-electron chi connectivity index (χ4n) is 5.71. The normalized spacial score (nSPS) is 13.1. The van der Waals surface area contributed by atoms with E-state index in [0.29, 0.717) is 16.3 Å². The number of hydrogen-bond donors (Lipinski definition) is 6. The lowest BCUT2D eigenvalue weighted by atomic mass is 10.0. The summed E-state index contributed by atoms with van der Waals surface area (Å²) in [6, 6.07) is 10.1. The number of amides is 4. The van der Waals surface area contributed by atoms with E-state index in [9.17, 15) is 24.0 Å². The Bertz CT molecular complexity index is 2110. The van der Waals surface area contributed by atoms with Crippen molar-refractivity contribution in [3.8, 4) is 5.75 Å². The van der Waals surface area contributed by atoms with Crippen LogP contribution in [0.25, 0.3) is 21.8 Å². The minimum atomic E-state index is -1.18. The zero-order chi connectivity index (χ0) is 38.3. The van der Waals surface area contributed by atoms with Crippen molar-refractivity contribution in [2.75, 3.05) is 20.8 Å². The van der Waals surface area contributed by atoms with Gasteiger partial charge in [0.25, 0.3) is 5.91 Å². The molecule has 6 N–H and O–H groups in total. The van der Waals surface area contributed by atoms with Crippen LogP contribution in [0.2, 0.25) is 0 Å². The molecule has 4 amide bonds. The fourth-order valence-corrected chi connectivity index (χ4v) is 6.51. The van der Waals surface area contributed by atoms with E-state index in [1.165, 1.54) is 30.9 Å². The molecule has 0 spiro atoms. The maximum absolute atomic E-state index is 14.2. The largest absolute Gasteiger partial charge is 0.496 e. The minimum Gasteiger partial charge on any atom is -0.496 e. The van der Waals surface area contributed by atoms with Crippen molar-refractivity contribution in [1.82, 2.24) is 36.2 Å². The highest BCUT2D eigenvalue weighted by Crippen LogP contribution is 2.29. The molecule has 0 aliphatic heterocycles. The summed E-state index contributed by atoms with van der Waals surface area (Å²) < 4.78 is 15.6. The summed E-state index contributed by atoms with van der Waals surface area (Å²) in [6.45, 7) is 6.56. The Morgan fingerprint density at radius 1 is 0.849 bits per heavy atom. The van der Waals surface area contributed by atoms with E-state index in [1.807, 2.05) is 36.4 Å². The third kappa shape index (κ3) is 9.71. The topological polar surface area (TPSA) is 206 Å². The summed E-state index contributed by atoms with van der Waals surface area (Å²) in [5.41, 5.74) is 2.39. The van der Waals surface area contributed by atoms with Crippen LogP contribution in [-0.2, 0) is 36.7 Å². The Hall–Kier alpha value is -5.90. The van der Waals surface area contributed by atoms with Crippen molar-refractivity contribution in [3.63, 3.8) is 0 Å². The molecule has 0 radical (unpaired) electrons. The molecule has 16 heteroatoms. The van der Waals surface area contributed by atoms with Gasteiger partial charge >= 0.3 is 12.1 Å². The molecule has 0 saturated carbocycles. The second-order valence-electron chi connectivity index (χ2n) is 13.3. The van der Waals surface area contributed by atoms with Crippen molar-refractivity contribution in [2.45, 2.75) is 64.3 Å². The number of hydrogen-bond acceptors (Lipinski definition) is 10. The zero-order valence-corrected chi connectivity index (χ0v) is 31.1. The van der Waals surface area contributed by atoms with Crippen molar-refractivity contribution in [3.05, 3.63) is 82.1 Å². The number of methoxy groups -OCH3 is 2. The Labute approximate surface area is 309 Å². The second-order valence-corrected chi connectivity index (χ2v) is 14.2. The molecule has 5 aromatic rings. The van der Waals surface area contributed by atoms with E-state index >= 15 is 0 Å². The Balaban J connectivity index is 1.41. The van der Waals surface area contributed by atoms with Crippen molar-refractivity contribution in [1.29, 1.82) is 0 Å². The molecule has 15 nitrogen and oxygen atoms in total. The monoisotopic (exact) mass is 745 g/mol. The van der Waals surface area contributed by atoms with Crippen LogP contribution in [0, 0.1) is 0 Å². The summed E-state index contributed by atoms with van der Waals surface area (Å²) in [7, 11) is 2.74. The van der Waals surface area contributed by atoms with Gasteiger partial charge in [-0.25, -0.2) is 9.78 Å². The lowest BCUT2D eigenvalue weighted by molar-refractivity contribution is -0.141. The number of nitrogens with one attached hydrogen (secondary N) is 6. The standard InChI is InChI=1S/C37H43N7O8S/c1-20(41-36(49)52-37(2,3)4)35-44-28(19-53-35)34(48)43-27(14-21-16-38-24-11-8-7-10-23(21)24)33(47)42-26(32(46)40-18-30(45)51-6)15-22-17-39-25-12-9-13-29(50-5)31(22)25/h7-13,16-17,19-20,26-27,38-39H,14-15,18H2,1-6H3,(H,40,46)(H,41,49)(H,42,47)(H,43,48). The highest BCUT2D eigenvalue weighted by molar-refractivity contribution is 7.09. The van der Waals surface area contributed by atoms with Crippen LogP contribution in [0.15, 0.2) is 60.2 Å². The molecule has 3 aromatic heterocycles. The molecule has 0 saturated heterocycles. The van der Waals surface area contributed by atoms with Gasteiger partial charge in [0, 0.05) is 52.4 Å². The number of esters is 1. The van der Waals surface area contributed by atoms with Crippen LogP contribution in [0.4, 0.5) is 4.79 Å². The number of para-hydroxylation sites is 1. The van der Waals surface area contributed by atoms with Gasteiger partial charge in [-0.05, 0) is 57.0 Å². The van der Waals surface area contributed by atoms with Gasteiger partial charge in [0.05, 0.1) is 20.3 Å². The number of thiazole rings is 1. The average molecular weight is 746 g/mol. The quantitative estimate of drug-likeness (QED) is 0.0906. The maximum atomic E-state index is 14.2.